The highest BCUT2D eigenvalue weighted by molar-refractivity contribution is 6.02. The van der Waals surface area contributed by atoms with Gasteiger partial charge in [-0.3, -0.25) is 29.8 Å². The molecule has 6 N–H and O–H groups in total. The fourth-order valence-corrected chi connectivity index (χ4v) is 4.49. The Bertz CT molecular complexity index is 1980. The summed E-state index contributed by atoms with van der Waals surface area (Å²) in [5.74, 6) is -1.26. The first kappa shape index (κ1) is 32.9. The van der Waals surface area contributed by atoms with Crippen LogP contribution < -0.4 is 10.9 Å². The Kier molecular flexibility index (Phi) is 10.6. The summed E-state index contributed by atoms with van der Waals surface area (Å²) in [5.41, 5.74) is 7.57. The monoisotopic (exact) mass is 634 g/mol. The van der Waals surface area contributed by atoms with E-state index in [1.54, 1.807) is 24.5 Å². The van der Waals surface area contributed by atoms with E-state index in [-0.39, 0.29) is 28.0 Å². The molecule has 0 atom stereocenters. The van der Waals surface area contributed by atoms with Crippen LogP contribution in [-0.2, 0) is 0 Å². The van der Waals surface area contributed by atoms with Crippen molar-refractivity contribution < 1.29 is 24.9 Å². The SMILES string of the molecule is O.O=C(N/N=C/c1c[nH]c2ccccc12)c1ccccc1[N+](=O)[O-].O=C(N/N=C/c1c[nH]c2ccccc12)c1ccccc1[N+](=O)[O-]. The number of amides is 2. The average molecular weight is 635 g/mol. The zero-order chi connectivity index (χ0) is 32.5. The highest BCUT2D eigenvalue weighted by Crippen LogP contribution is 2.19. The molecule has 2 aromatic heterocycles. The van der Waals surface area contributed by atoms with Crippen molar-refractivity contribution in [3.63, 3.8) is 0 Å². The third-order valence-corrected chi connectivity index (χ3v) is 6.67. The number of benzene rings is 4. The molecule has 0 spiro atoms. The zero-order valence-corrected chi connectivity index (χ0v) is 24.3. The molecule has 0 unspecified atom stereocenters. The van der Waals surface area contributed by atoms with E-state index in [1.165, 1.54) is 48.8 Å². The van der Waals surface area contributed by atoms with Crippen LogP contribution in [0.15, 0.2) is 120 Å². The molecule has 2 amide bonds. The van der Waals surface area contributed by atoms with Crippen LogP contribution in [0.3, 0.4) is 0 Å². The lowest BCUT2D eigenvalue weighted by molar-refractivity contribution is -0.385. The number of aromatic amines is 2. The number of hydrazone groups is 2. The normalized spacial score (nSPS) is 10.7. The molecule has 6 rings (SSSR count). The molecule has 0 saturated carbocycles. The first-order valence-corrected chi connectivity index (χ1v) is 13.6. The molecule has 0 aliphatic rings. The topological polar surface area (TPSA) is 232 Å². The van der Waals surface area contributed by atoms with Crippen molar-refractivity contribution in [1.29, 1.82) is 0 Å². The number of nitro groups is 2. The minimum absolute atomic E-state index is 0. The zero-order valence-electron chi connectivity index (χ0n) is 24.3. The summed E-state index contributed by atoms with van der Waals surface area (Å²) >= 11 is 0. The molecular weight excluding hydrogens is 608 g/mol. The number of nitro benzene ring substituents is 2. The Labute approximate surface area is 265 Å². The van der Waals surface area contributed by atoms with Gasteiger partial charge in [0.25, 0.3) is 23.2 Å². The van der Waals surface area contributed by atoms with Gasteiger partial charge < -0.3 is 15.4 Å². The molecule has 4 aromatic carbocycles. The summed E-state index contributed by atoms with van der Waals surface area (Å²) in [7, 11) is 0. The second-order valence-electron chi connectivity index (χ2n) is 9.53. The van der Waals surface area contributed by atoms with E-state index >= 15 is 0 Å². The van der Waals surface area contributed by atoms with Gasteiger partial charge in [-0.1, -0.05) is 60.7 Å². The van der Waals surface area contributed by atoms with Gasteiger partial charge >= 0.3 is 0 Å². The van der Waals surface area contributed by atoms with Gasteiger partial charge in [-0.2, -0.15) is 10.2 Å². The Balaban J connectivity index is 0.000000208. The largest absolute Gasteiger partial charge is 0.412 e. The van der Waals surface area contributed by atoms with E-state index in [9.17, 15) is 29.8 Å². The number of aromatic nitrogens is 2. The fourth-order valence-electron chi connectivity index (χ4n) is 4.49. The van der Waals surface area contributed by atoms with Gasteiger partial charge in [0.1, 0.15) is 11.1 Å². The van der Waals surface area contributed by atoms with Gasteiger partial charge in [0.15, 0.2) is 0 Å². The summed E-state index contributed by atoms with van der Waals surface area (Å²) in [6.07, 6.45) is 6.52. The highest BCUT2D eigenvalue weighted by Gasteiger charge is 2.19. The lowest BCUT2D eigenvalue weighted by Crippen LogP contribution is -2.18. The van der Waals surface area contributed by atoms with Crippen LogP contribution in [-0.4, -0.2) is 49.5 Å². The Morgan fingerprint density at radius 3 is 1.36 bits per heavy atom. The number of hydrogen-bond acceptors (Lipinski definition) is 8. The van der Waals surface area contributed by atoms with Crippen molar-refractivity contribution in [2.45, 2.75) is 0 Å². The van der Waals surface area contributed by atoms with Gasteiger partial charge in [-0.05, 0) is 24.3 Å². The molecule has 6 aromatic rings. The van der Waals surface area contributed by atoms with Gasteiger partial charge in [0, 0.05) is 57.5 Å². The first-order chi connectivity index (χ1) is 22.3. The van der Waals surface area contributed by atoms with E-state index in [0.29, 0.717) is 0 Å². The van der Waals surface area contributed by atoms with Gasteiger partial charge in [0.05, 0.1) is 22.3 Å². The van der Waals surface area contributed by atoms with Gasteiger partial charge in [0.2, 0.25) is 0 Å². The summed E-state index contributed by atoms with van der Waals surface area (Å²) in [6, 6.07) is 26.8. The van der Waals surface area contributed by atoms with E-state index in [1.807, 2.05) is 48.5 Å². The number of H-pyrrole nitrogens is 2. The van der Waals surface area contributed by atoms with E-state index < -0.39 is 21.7 Å². The molecule has 0 bridgehead atoms. The molecule has 15 heteroatoms. The molecular formula is C32H26N8O7. The van der Waals surface area contributed by atoms with Crippen LogP contribution in [0.4, 0.5) is 11.4 Å². The maximum atomic E-state index is 12.0. The van der Waals surface area contributed by atoms with E-state index in [0.717, 1.165) is 32.9 Å². The smallest absolute Gasteiger partial charge is 0.282 e. The first-order valence-electron chi connectivity index (χ1n) is 13.6. The summed E-state index contributed by atoms with van der Waals surface area (Å²) in [5, 5.41) is 31.5. The number of carbonyl (C=O) groups is 2. The van der Waals surface area contributed by atoms with Crippen molar-refractivity contribution in [2.24, 2.45) is 10.2 Å². The number of nitrogens with one attached hydrogen (secondary N) is 4. The van der Waals surface area contributed by atoms with Crippen molar-refractivity contribution in [1.82, 2.24) is 20.8 Å². The second-order valence-corrected chi connectivity index (χ2v) is 9.53. The van der Waals surface area contributed by atoms with Crippen LogP contribution in [0.5, 0.6) is 0 Å². The lowest BCUT2D eigenvalue weighted by atomic mass is 10.2. The van der Waals surface area contributed by atoms with Gasteiger partial charge in [-0.15, -0.1) is 0 Å². The molecule has 15 nitrogen and oxygen atoms in total. The number of fused-ring (bicyclic) bond motifs is 2. The predicted octanol–water partition coefficient (Wildman–Crippen LogP) is 4.86. The maximum Gasteiger partial charge on any atom is 0.282 e. The lowest BCUT2D eigenvalue weighted by Gasteiger charge is -2.00. The molecule has 0 aliphatic heterocycles. The average Bonchev–Trinajstić information content (AvgIpc) is 3.69. The van der Waals surface area contributed by atoms with Crippen molar-refractivity contribution in [3.8, 4) is 0 Å². The van der Waals surface area contributed by atoms with E-state index in [2.05, 4.69) is 31.0 Å². The summed E-state index contributed by atoms with van der Waals surface area (Å²) in [4.78, 5) is 50.9. The minimum Gasteiger partial charge on any atom is -0.412 e. The third kappa shape index (κ3) is 7.75. The van der Waals surface area contributed by atoms with Crippen molar-refractivity contribution in [2.75, 3.05) is 0 Å². The van der Waals surface area contributed by atoms with Crippen molar-refractivity contribution in [3.05, 3.63) is 152 Å². The highest BCUT2D eigenvalue weighted by atomic mass is 16.6. The minimum atomic E-state index is -0.631. The number of carbonyl (C=O) groups excluding carboxylic acids is 2. The summed E-state index contributed by atoms with van der Waals surface area (Å²) < 4.78 is 0. The molecule has 2 heterocycles. The number of para-hydroxylation sites is 4. The van der Waals surface area contributed by atoms with Crippen LogP contribution >= 0.6 is 0 Å². The quantitative estimate of drug-likeness (QED) is 0.104. The second kappa shape index (κ2) is 15.1. The molecule has 0 radical (unpaired) electrons. The predicted molar refractivity (Wildman–Crippen MR) is 177 cm³/mol. The molecule has 47 heavy (non-hydrogen) atoms. The van der Waals surface area contributed by atoms with Crippen LogP contribution in [0, 0.1) is 20.2 Å². The number of rotatable bonds is 8. The Hall–Kier alpha value is -7.00. The standard InChI is InChI=1S/2C16H12N4O3.H2O/c2*21-16(13-6-2-4-8-15(13)20(22)23)19-18-10-11-9-17-14-7-3-1-5-12(11)14;/h2*1-10,17H,(H,19,21);1H2/b2*18-10+;. The molecule has 0 fully saturated rings. The van der Waals surface area contributed by atoms with Gasteiger partial charge in [-0.25, -0.2) is 10.9 Å². The third-order valence-electron chi connectivity index (χ3n) is 6.67. The summed E-state index contributed by atoms with van der Waals surface area (Å²) in [6.45, 7) is 0. The Morgan fingerprint density at radius 2 is 0.957 bits per heavy atom. The van der Waals surface area contributed by atoms with Crippen LogP contribution in [0.1, 0.15) is 31.8 Å². The fraction of sp³-hybridized carbons (Fsp3) is 0. The molecule has 236 valence electrons. The molecule has 0 aliphatic carbocycles. The Morgan fingerprint density at radius 1 is 0.596 bits per heavy atom. The maximum absolute atomic E-state index is 12.0. The molecule has 0 saturated heterocycles. The van der Waals surface area contributed by atoms with Crippen molar-refractivity contribution >= 4 is 57.4 Å². The van der Waals surface area contributed by atoms with Crippen LogP contribution in [0.25, 0.3) is 21.8 Å². The van der Waals surface area contributed by atoms with Crippen LogP contribution in [0.2, 0.25) is 0 Å². The number of hydrogen-bond donors (Lipinski definition) is 4. The van der Waals surface area contributed by atoms with E-state index in [4.69, 9.17) is 0 Å². The number of nitrogens with zero attached hydrogens (tertiary/aromatic N) is 4.